The van der Waals surface area contributed by atoms with E-state index in [1.54, 1.807) is 0 Å². The number of anilines is 1. The molecule has 1 aliphatic rings. The van der Waals surface area contributed by atoms with Gasteiger partial charge in [-0.05, 0) is 32.4 Å². The van der Waals surface area contributed by atoms with E-state index < -0.39 is 0 Å². The average Bonchev–Trinajstić information content (AvgIpc) is 2.49. The van der Waals surface area contributed by atoms with Crippen LogP contribution >= 0.6 is 0 Å². The predicted molar refractivity (Wildman–Crippen MR) is 82.8 cm³/mol. The Labute approximate surface area is 126 Å². The number of aryl methyl sites for hydroxylation is 1. The highest BCUT2D eigenvalue weighted by Crippen LogP contribution is 2.20. The third-order valence-electron chi connectivity index (χ3n) is 3.62. The van der Waals surface area contributed by atoms with Crippen molar-refractivity contribution in [3.63, 3.8) is 0 Å². The van der Waals surface area contributed by atoms with Gasteiger partial charge in [-0.15, -0.1) is 0 Å². The van der Waals surface area contributed by atoms with Crippen LogP contribution in [0.15, 0.2) is 18.2 Å². The summed E-state index contributed by atoms with van der Waals surface area (Å²) in [6.07, 6.45) is 0.939. The highest BCUT2D eigenvalue weighted by Gasteiger charge is 2.18. The number of benzene rings is 1. The molecule has 2 N–H and O–H groups in total. The first-order valence-electron chi connectivity index (χ1n) is 7.36. The van der Waals surface area contributed by atoms with Gasteiger partial charge >= 0.3 is 5.97 Å². The molecule has 5 nitrogen and oxygen atoms in total. The highest BCUT2D eigenvalue weighted by atomic mass is 16.5. The van der Waals surface area contributed by atoms with Gasteiger partial charge in [-0.1, -0.05) is 11.6 Å². The van der Waals surface area contributed by atoms with E-state index in [9.17, 15) is 4.79 Å². The smallest absolute Gasteiger partial charge is 0.339 e. The summed E-state index contributed by atoms with van der Waals surface area (Å²) in [5, 5.41) is 6.84. The molecule has 1 aromatic rings. The van der Waals surface area contributed by atoms with E-state index in [2.05, 4.69) is 17.6 Å². The molecule has 0 radical (unpaired) electrons. The van der Waals surface area contributed by atoms with Gasteiger partial charge in [0.15, 0.2) is 0 Å². The average molecular weight is 292 g/mol. The number of ether oxygens (including phenoxy) is 2. The molecule has 1 fully saturated rings. The molecule has 2 atom stereocenters. The molecule has 1 heterocycles. The lowest BCUT2D eigenvalue weighted by Crippen LogP contribution is -2.43. The SMILES string of the molecule is COC(=O)c1cc(C)ccc1NC(C)CC1COCCN1. The number of hydrogen-bond donors (Lipinski definition) is 2. The summed E-state index contributed by atoms with van der Waals surface area (Å²) in [7, 11) is 1.40. The summed E-state index contributed by atoms with van der Waals surface area (Å²) in [5.74, 6) is -0.312. The van der Waals surface area contributed by atoms with Gasteiger partial charge in [-0.3, -0.25) is 0 Å². The largest absolute Gasteiger partial charge is 0.465 e. The molecule has 1 aromatic carbocycles. The van der Waals surface area contributed by atoms with Crippen molar-refractivity contribution in [2.24, 2.45) is 0 Å². The van der Waals surface area contributed by atoms with E-state index in [4.69, 9.17) is 9.47 Å². The Hall–Kier alpha value is -1.59. The number of carbonyl (C=O) groups is 1. The minimum Gasteiger partial charge on any atom is -0.465 e. The van der Waals surface area contributed by atoms with E-state index in [-0.39, 0.29) is 12.0 Å². The van der Waals surface area contributed by atoms with Crippen molar-refractivity contribution >= 4 is 11.7 Å². The number of esters is 1. The fraction of sp³-hybridized carbons (Fsp3) is 0.562. The van der Waals surface area contributed by atoms with Crippen LogP contribution in [0.2, 0.25) is 0 Å². The minimum atomic E-state index is -0.312. The molecule has 0 aliphatic carbocycles. The molecular weight excluding hydrogens is 268 g/mol. The summed E-state index contributed by atoms with van der Waals surface area (Å²) in [6, 6.07) is 6.36. The van der Waals surface area contributed by atoms with Crippen molar-refractivity contribution in [3.05, 3.63) is 29.3 Å². The molecule has 21 heavy (non-hydrogen) atoms. The molecule has 1 aliphatic heterocycles. The van der Waals surface area contributed by atoms with Crippen LogP contribution in [0.5, 0.6) is 0 Å². The van der Waals surface area contributed by atoms with Crippen LogP contribution in [0, 0.1) is 6.92 Å². The maximum atomic E-state index is 11.9. The molecule has 0 aromatic heterocycles. The van der Waals surface area contributed by atoms with Crippen LogP contribution in [-0.4, -0.2) is 44.9 Å². The first kappa shape index (κ1) is 15.8. The third kappa shape index (κ3) is 4.44. The molecule has 2 unspecified atom stereocenters. The fourth-order valence-corrected chi connectivity index (χ4v) is 2.59. The molecule has 1 saturated heterocycles. The summed E-state index contributed by atoms with van der Waals surface area (Å²) < 4.78 is 10.3. The number of carbonyl (C=O) groups excluding carboxylic acids is 1. The van der Waals surface area contributed by atoms with Gasteiger partial charge in [0.1, 0.15) is 0 Å². The molecule has 0 amide bonds. The zero-order chi connectivity index (χ0) is 15.2. The summed E-state index contributed by atoms with van der Waals surface area (Å²) in [5.41, 5.74) is 2.44. The van der Waals surface area contributed by atoms with Crippen LogP contribution in [0.25, 0.3) is 0 Å². The normalized spacial score (nSPS) is 19.9. The number of rotatable bonds is 5. The second-order valence-corrected chi connectivity index (χ2v) is 5.55. The summed E-state index contributed by atoms with van der Waals surface area (Å²) >= 11 is 0. The highest BCUT2D eigenvalue weighted by molar-refractivity contribution is 5.95. The van der Waals surface area contributed by atoms with Gasteiger partial charge in [-0.25, -0.2) is 4.79 Å². The van der Waals surface area contributed by atoms with Crippen LogP contribution < -0.4 is 10.6 Å². The number of methoxy groups -OCH3 is 1. The lowest BCUT2D eigenvalue weighted by Gasteiger charge is -2.27. The minimum absolute atomic E-state index is 0.232. The van der Waals surface area contributed by atoms with Crippen molar-refractivity contribution in [2.75, 3.05) is 32.2 Å². The van der Waals surface area contributed by atoms with Crippen molar-refractivity contribution < 1.29 is 14.3 Å². The standard InChI is InChI=1S/C16H24N2O3/c1-11-4-5-15(14(8-11)16(19)20-3)18-12(2)9-13-10-21-7-6-17-13/h4-5,8,12-13,17-18H,6-7,9-10H2,1-3H3. The molecule has 0 saturated carbocycles. The Morgan fingerprint density at radius 2 is 2.38 bits per heavy atom. The molecule has 0 bridgehead atoms. The second-order valence-electron chi connectivity index (χ2n) is 5.55. The Bertz CT molecular complexity index is 484. The number of nitrogens with one attached hydrogen (secondary N) is 2. The Balaban J connectivity index is 2.02. The van der Waals surface area contributed by atoms with Crippen molar-refractivity contribution in [2.45, 2.75) is 32.4 Å². The maximum absolute atomic E-state index is 11.9. The lowest BCUT2D eigenvalue weighted by atomic mass is 10.1. The van der Waals surface area contributed by atoms with Gasteiger partial charge in [0.05, 0.1) is 25.9 Å². The number of morpholine rings is 1. The van der Waals surface area contributed by atoms with Crippen LogP contribution in [0.1, 0.15) is 29.3 Å². The summed E-state index contributed by atoms with van der Waals surface area (Å²) in [6.45, 7) is 6.49. The Morgan fingerprint density at radius 3 is 3.05 bits per heavy atom. The molecule has 2 rings (SSSR count). The van der Waals surface area contributed by atoms with Crippen molar-refractivity contribution in [1.82, 2.24) is 5.32 Å². The van der Waals surface area contributed by atoms with E-state index in [1.165, 1.54) is 7.11 Å². The van der Waals surface area contributed by atoms with Crippen molar-refractivity contribution in [3.8, 4) is 0 Å². The van der Waals surface area contributed by atoms with Crippen LogP contribution in [-0.2, 0) is 9.47 Å². The predicted octanol–water partition coefficient (Wildman–Crippen LogP) is 1.96. The summed E-state index contributed by atoms with van der Waals surface area (Å²) in [4.78, 5) is 11.9. The van der Waals surface area contributed by atoms with Gasteiger partial charge in [0.25, 0.3) is 0 Å². The fourth-order valence-electron chi connectivity index (χ4n) is 2.59. The molecule has 116 valence electrons. The number of hydrogen-bond acceptors (Lipinski definition) is 5. The molecular formula is C16H24N2O3. The maximum Gasteiger partial charge on any atom is 0.339 e. The monoisotopic (exact) mass is 292 g/mol. The van der Waals surface area contributed by atoms with Gasteiger partial charge in [0, 0.05) is 24.3 Å². The third-order valence-corrected chi connectivity index (χ3v) is 3.62. The van der Waals surface area contributed by atoms with E-state index in [1.807, 2.05) is 25.1 Å². The quantitative estimate of drug-likeness (QED) is 0.813. The second kappa shape index (κ2) is 7.43. The lowest BCUT2D eigenvalue weighted by molar-refractivity contribution is 0.0601. The van der Waals surface area contributed by atoms with Gasteiger partial charge < -0.3 is 20.1 Å². The van der Waals surface area contributed by atoms with Gasteiger partial charge in [0.2, 0.25) is 0 Å². The van der Waals surface area contributed by atoms with Crippen LogP contribution in [0.4, 0.5) is 5.69 Å². The van der Waals surface area contributed by atoms with Crippen LogP contribution in [0.3, 0.4) is 0 Å². The topological polar surface area (TPSA) is 59.6 Å². The van der Waals surface area contributed by atoms with Crippen molar-refractivity contribution in [1.29, 1.82) is 0 Å². The molecule has 0 spiro atoms. The van der Waals surface area contributed by atoms with E-state index in [0.717, 1.165) is 37.4 Å². The molecule has 5 heteroatoms. The van der Waals surface area contributed by atoms with Gasteiger partial charge in [-0.2, -0.15) is 0 Å². The van der Waals surface area contributed by atoms with E-state index in [0.29, 0.717) is 11.6 Å². The zero-order valence-electron chi connectivity index (χ0n) is 12.9. The first-order valence-corrected chi connectivity index (χ1v) is 7.36. The van der Waals surface area contributed by atoms with E-state index >= 15 is 0 Å². The Morgan fingerprint density at radius 1 is 1.57 bits per heavy atom. The zero-order valence-corrected chi connectivity index (χ0v) is 12.9. The first-order chi connectivity index (χ1) is 10.1. The Kier molecular flexibility index (Phi) is 5.59.